The molecule has 0 bridgehead atoms. The summed E-state index contributed by atoms with van der Waals surface area (Å²) in [6.45, 7) is 9.24. The normalized spacial score (nSPS) is 9.46. The molecule has 0 rings (SSSR count). The van der Waals surface area contributed by atoms with Gasteiger partial charge in [0.05, 0.1) is 0 Å². The number of amides is 1. The number of carbonyl (C=O) groups excluding carboxylic acids is 2. The van der Waals surface area contributed by atoms with Gasteiger partial charge in [-0.25, -0.2) is 0 Å². The minimum Gasteiger partial charge on any atom is -0.369 e. The molecule has 3 heteroatoms. The molecule has 0 aliphatic rings. The van der Waals surface area contributed by atoms with E-state index in [0.717, 1.165) is 6.42 Å². The average molecular weight is 187 g/mol. The average Bonchev–Trinajstić information content (AvgIpc) is 1.84. The summed E-state index contributed by atoms with van der Waals surface area (Å²) in [5, 5.41) is 0. The van der Waals surface area contributed by atoms with Crippen molar-refractivity contribution < 1.29 is 9.59 Å². The molecule has 0 aromatic rings. The summed E-state index contributed by atoms with van der Waals surface area (Å²) in [7, 11) is 0. The van der Waals surface area contributed by atoms with Crippen LogP contribution in [-0.4, -0.2) is 11.7 Å². The van der Waals surface area contributed by atoms with E-state index in [1.54, 1.807) is 20.8 Å². The first-order valence-corrected chi connectivity index (χ1v) is 4.56. The zero-order chi connectivity index (χ0) is 11.0. The lowest BCUT2D eigenvalue weighted by atomic mass is 10.1. The number of rotatable bonds is 3. The van der Waals surface area contributed by atoms with Gasteiger partial charge in [0.25, 0.3) is 0 Å². The number of nitrogens with two attached hydrogens (primary N) is 1. The molecule has 0 aromatic carbocycles. The van der Waals surface area contributed by atoms with Gasteiger partial charge < -0.3 is 10.5 Å². The maximum absolute atomic E-state index is 10.3. The fraction of sp³-hybridized carbons (Fsp3) is 0.800. The Morgan fingerprint density at radius 2 is 1.46 bits per heavy atom. The summed E-state index contributed by atoms with van der Waals surface area (Å²) >= 11 is 0. The highest BCUT2D eigenvalue weighted by Crippen LogP contribution is 1.97. The van der Waals surface area contributed by atoms with Crippen LogP contribution in [0.4, 0.5) is 0 Å². The fourth-order valence-electron chi connectivity index (χ4n) is 0.575. The second kappa shape index (κ2) is 7.77. The lowest BCUT2D eigenvalue weighted by Crippen LogP contribution is -2.17. The Morgan fingerprint density at radius 3 is 1.46 bits per heavy atom. The second-order valence-corrected chi connectivity index (χ2v) is 3.86. The molecule has 0 spiro atoms. The first kappa shape index (κ1) is 14.7. The van der Waals surface area contributed by atoms with Gasteiger partial charge in [-0.1, -0.05) is 27.7 Å². The van der Waals surface area contributed by atoms with Crippen molar-refractivity contribution in [2.24, 2.45) is 17.6 Å². The van der Waals surface area contributed by atoms with Gasteiger partial charge >= 0.3 is 0 Å². The van der Waals surface area contributed by atoms with Crippen LogP contribution in [0.2, 0.25) is 0 Å². The fourth-order valence-corrected chi connectivity index (χ4v) is 0.575. The van der Waals surface area contributed by atoms with Gasteiger partial charge in [-0.05, 0) is 12.8 Å². The minimum atomic E-state index is -0.241. The van der Waals surface area contributed by atoms with Gasteiger partial charge in [-0.2, -0.15) is 0 Å². The summed E-state index contributed by atoms with van der Waals surface area (Å²) in [6, 6.07) is 0. The lowest BCUT2D eigenvalue weighted by Gasteiger charge is -1.95. The highest BCUT2D eigenvalue weighted by molar-refractivity contribution is 5.75. The third-order valence-corrected chi connectivity index (χ3v) is 1.26. The molecule has 78 valence electrons. The summed E-state index contributed by atoms with van der Waals surface area (Å²) in [6.07, 6.45) is 0.722. The van der Waals surface area contributed by atoms with Gasteiger partial charge in [0.2, 0.25) is 5.91 Å². The molecular formula is C10H21NO2. The molecule has 0 saturated heterocycles. The SMILES string of the molecule is CC(=O)CC(C)C.CC(C)C(N)=O. The maximum atomic E-state index is 10.3. The van der Waals surface area contributed by atoms with E-state index in [1.165, 1.54) is 0 Å². The Morgan fingerprint density at radius 1 is 1.15 bits per heavy atom. The molecule has 0 aromatic heterocycles. The summed E-state index contributed by atoms with van der Waals surface area (Å²) in [5.74, 6) is 0.563. The van der Waals surface area contributed by atoms with Gasteiger partial charge in [0, 0.05) is 12.3 Å². The number of primary amides is 1. The van der Waals surface area contributed by atoms with Crippen molar-refractivity contribution in [3.63, 3.8) is 0 Å². The number of hydrogen-bond acceptors (Lipinski definition) is 2. The molecule has 2 N–H and O–H groups in total. The third-order valence-electron chi connectivity index (χ3n) is 1.26. The van der Waals surface area contributed by atoms with E-state index in [1.807, 2.05) is 13.8 Å². The van der Waals surface area contributed by atoms with Crippen LogP contribution in [0.15, 0.2) is 0 Å². The van der Waals surface area contributed by atoms with Crippen molar-refractivity contribution >= 4 is 11.7 Å². The number of ketones is 1. The second-order valence-electron chi connectivity index (χ2n) is 3.86. The summed E-state index contributed by atoms with van der Waals surface area (Å²) < 4.78 is 0. The van der Waals surface area contributed by atoms with E-state index in [0.29, 0.717) is 5.92 Å². The molecule has 0 aliphatic heterocycles. The van der Waals surface area contributed by atoms with E-state index in [2.05, 4.69) is 0 Å². The van der Waals surface area contributed by atoms with Crippen LogP contribution in [0, 0.1) is 11.8 Å². The Hall–Kier alpha value is -0.860. The molecule has 0 radical (unpaired) electrons. The zero-order valence-electron chi connectivity index (χ0n) is 9.26. The van der Waals surface area contributed by atoms with Crippen molar-refractivity contribution in [2.45, 2.75) is 41.0 Å². The van der Waals surface area contributed by atoms with Gasteiger partial charge in [0.15, 0.2) is 0 Å². The van der Waals surface area contributed by atoms with Crippen molar-refractivity contribution in [1.29, 1.82) is 0 Å². The van der Waals surface area contributed by atoms with Crippen molar-refractivity contribution in [1.82, 2.24) is 0 Å². The van der Waals surface area contributed by atoms with E-state index in [4.69, 9.17) is 5.73 Å². The van der Waals surface area contributed by atoms with Crippen LogP contribution in [0.5, 0.6) is 0 Å². The first-order valence-electron chi connectivity index (χ1n) is 4.56. The standard InChI is InChI=1S/C6H12O.C4H9NO/c1-5(2)4-6(3)7;1-3(2)4(5)6/h5H,4H2,1-3H3;3H,1-2H3,(H2,5,6). The van der Waals surface area contributed by atoms with Crippen LogP contribution in [0.25, 0.3) is 0 Å². The van der Waals surface area contributed by atoms with E-state index in [-0.39, 0.29) is 17.6 Å². The first-order chi connectivity index (χ1) is 5.77. The highest BCUT2D eigenvalue weighted by Gasteiger charge is 1.96. The molecule has 0 aliphatic carbocycles. The molecule has 13 heavy (non-hydrogen) atoms. The minimum absolute atomic E-state index is 0.00926. The van der Waals surface area contributed by atoms with Crippen LogP contribution in [0.3, 0.4) is 0 Å². The van der Waals surface area contributed by atoms with Crippen LogP contribution in [0.1, 0.15) is 41.0 Å². The van der Waals surface area contributed by atoms with Gasteiger partial charge in [0.1, 0.15) is 5.78 Å². The Kier molecular flexibility index (Phi) is 8.76. The van der Waals surface area contributed by atoms with Gasteiger partial charge in [-0.3, -0.25) is 4.79 Å². The Labute approximate surface area is 80.7 Å². The number of carbonyl (C=O) groups is 2. The molecule has 0 atom stereocenters. The molecule has 0 saturated carbocycles. The van der Waals surface area contributed by atoms with Crippen LogP contribution >= 0.6 is 0 Å². The predicted octanol–water partition coefficient (Wildman–Crippen LogP) is 1.75. The molecule has 1 amide bonds. The highest BCUT2D eigenvalue weighted by atomic mass is 16.1. The van der Waals surface area contributed by atoms with E-state index < -0.39 is 0 Å². The van der Waals surface area contributed by atoms with Gasteiger partial charge in [-0.15, -0.1) is 0 Å². The molecule has 0 unspecified atom stereocenters. The van der Waals surface area contributed by atoms with Crippen molar-refractivity contribution in [2.75, 3.05) is 0 Å². The largest absolute Gasteiger partial charge is 0.369 e. The van der Waals surface area contributed by atoms with Crippen molar-refractivity contribution in [3.05, 3.63) is 0 Å². The molecule has 0 fully saturated rings. The topological polar surface area (TPSA) is 60.2 Å². The van der Waals surface area contributed by atoms with Crippen molar-refractivity contribution in [3.8, 4) is 0 Å². The van der Waals surface area contributed by atoms with Crippen LogP contribution in [-0.2, 0) is 9.59 Å². The monoisotopic (exact) mass is 187 g/mol. The maximum Gasteiger partial charge on any atom is 0.219 e. The number of Topliss-reactive ketones (excluding diaryl/α,β-unsaturated/α-hetero) is 1. The lowest BCUT2D eigenvalue weighted by molar-refractivity contribution is -0.121. The van der Waals surface area contributed by atoms with E-state index >= 15 is 0 Å². The number of hydrogen-bond donors (Lipinski definition) is 1. The third kappa shape index (κ3) is 18.3. The summed E-state index contributed by atoms with van der Waals surface area (Å²) in [5.41, 5.74) is 4.80. The molecular weight excluding hydrogens is 166 g/mol. The predicted molar refractivity (Wildman–Crippen MR) is 54.2 cm³/mol. The Balaban J connectivity index is 0. The molecule has 0 heterocycles. The Bertz CT molecular complexity index is 162. The summed E-state index contributed by atoms with van der Waals surface area (Å²) in [4.78, 5) is 20.2. The van der Waals surface area contributed by atoms with E-state index in [9.17, 15) is 9.59 Å². The smallest absolute Gasteiger partial charge is 0.219 e. The quantitative estimate of drug-likeness (QED) is 0.731. The van der Waals surface area contributed by atoms with Crippen LogP contribution < -0.4 is 5.73 Å². The molecule has 3 nitrogen and oxygen atoms in total. The zero-order valence-corrected chi connectivity index (χ0v) is 9.26.